The van der Waals surface area contributed by atoms with Crippen molar-refractivity contribution < 1.29 is 9.90 Å². The first-order chi connectivity index (χ1) is 9.74. The molecule has 0 bridgehead atoms. The molecule has 1 atom stereocenters. The number of rotatable bonds is 3. The highest BCUT2D eigenvalue weighted by atomic mass is 16.4. The van der Waals surface area contributed by atoms with Gasteiger partial charge in [0.2, 0.25) is 0 Å². The van der Waals surface area contributed by atoms with Gasteiger partial charge in [0.15, 0.2) is 0 Å². The number of nitrogens with one attached hydrogen (secondary N) is 1. The van der Waals surface area contributed by atoms with Gasteiger partial charge in [0.1, 0.15) is 0 Å². The maximum Gasteiger partial charge on any atom is 0.407 e. The Kier molecular flexibility index (Phi) is 3.56. The molecule has 2 aromatic rings. The molecule has 0 saturated carbocycles. The number of amides is 1. The summed E-state index contributed by atoms with van der Waals surface area (Å²) in [5.41, 5.74) is 1.12. The fourth-order valence-corrected chi connectivity index (χ4v) is 2.67. The molecule has 0 spiro atoms. The van der Waals surface area contributed by atoms with Crippen molar-refractivity contribution in [2.24, 2.45) is 0 Å². The van der Waals surface area contributed by atoms with E-state index in [-0.39, 0.29) is 6.04 Å². The summed E-state index contributed by atoms with van der Waals surface area (Å²) >= 11 is 0. The van der Waals surface area contributed by atoms with E-state index >= 15 is 0 Å². The molecule has 106 valence electrons. The van der Waals surface area contributed by atoms with E-state index in [1.807, 2.05) is 29.1 Å². The molecule has 1 saturated heterocycles. The van der Waals surface area contributed by atoms with Gasteiger partial charge in [-0.05, 0) is 12.5 Å². The molecule has 6 nitrogen and oxygen atoms in total. The van der Waals surface area contributed by atoms with Gasteiger partial charge in [0, 0.05) is 37.6 Å². The van der Waals surface area contributed by atoms with E-state index in [2.05, 4.69) is 16.5 Å². The molecule has 2 N–H and O–H groups in total. The Morgan fingerprint density at radius 1 is 1.45 bits per heavy atom. The van der Waals surface area contributed by atoms with Crippen LogP contribution in [0.5, 0.6) is 0 Å². The summed E-state index contributed by atoms with van der Waals surface area (Å²) < 4.78 is 1.98. The standard InChI is InChI=1S/C14H18N4O2/c19-14(20)17-8-6-15-12(10-17)5-7-18-13-4-2-1-3-11(13)9-16-18/h1-4,9,12,15H,5-8,10H2,(H,19,20). The van der Waals surface area contributed by atoms with E-state index in [0.29, 0.717) is 13.1 Å². The molecule has 1 aliphatic heterocycles. The molecule has 1 aliphatic rings. The minimum Gasteiger partial charge on any atom is -0.465 e. The van der Waals surface area contributed by atoms with Crippen LogP contribution in [0.3, 0.4) is 0 Å². The van der Waals surface area contributed by atoms with Crippen molar-refractivity contribution in [3.63, 3.8) is 0 Å². The summed E-state index contributed by atoms with van der Waals surface area (Å²) in [6, 6.07) is 8.31. The van der Waals surface area contributed by atoms with Crippen LogP contribution in [0.1, 0.15) is 6.42 Å². The Morgan fingerprint density at radius 3 is 3.15 bits per heavy atom. The van der Waals surface area contributed by atoms with Crippen LogP contribution in [0.2, 0.25) is 0 Å². The van der Waals surface area contributed by atoms with Crippen LogP contribution >= 0.6 is 0 Å². The maximum absolute atomic E-state index is 11.0. The third-order valence-electron chi connectivity index (χ3n) is 3.77. The lowest BCUT2D eigenvalue weighted by molar-refractivity contribution is 0.126. The zero-order valence-electron chi connectivity index (χ0n) is 11.2. The molecule has 0 aliphatic carbocycles. The highest BCUT2D eigenvalue weighted by Gasteiger charge is 2.22. The van der Waals surface area contributed by atoms with Gasteiger partial charge in [0.25, 0.3) is 0 Å². The number of carbonyl (C=O) groups is 1. The normalized spacial score (nSPS) is 19.4. The van der Waals surface area contributed by atoms with E-state index in [9.17, 15) is 4.79 Å². The molecule has 0 radical (unpaired) electrons. The smallest absolute Gasteiger partial charge is 0.407 e. The van der Waals surface area contributed by atoms with Crippen molar-refractivity contribution in [1.82, 2.24) is 20.0 Å². The number of aromatic nitrogens is 2. The van der Waals surface area contributed by atoms with Gasteiger partial charge >= 0.3 is 6.09 Å². The monoisotopic (exact) mass is 274 g/mol. The van der Waals surface area contributed by atoms with Crippen molar-refractivity contribution in [3.05, 3.63) is 30.5 Å². The number of nitrogens with zero attached hydrogens (tertiary/aromatic N) is 3. The van der Waals surface area contributed by atoms with Crippen LogP contribution in [0, 0.1) is 0 Å². The molecular formula is C14H18N4O2. The third kappa shape index (κ3) is 2.60. The van der Waals surface area contributed by atoms with Crippen LogP contribution in [0.25, 0.3) is 10.9 Å². The lowest BCUT2D eigenvalue weighted by atomic mass is 10.1. The summed E-state index contributed by atoms with van der Waals surface area (Å²) in [7, 11) is 0. The Bertz CT molecular complexity index is 610. The van der Waals surface area contributed by atoms with Crippen molar-refractivity contribution in [2.75, 3.05) is 19.6 Å². The van der Waals surface area contributed by atoms with E-state index in [1.165, 1.54) is 4.90 Å². The number of fused-ring (bicyclic) bond motifs is 1. The number of piperazine rings is 1. The number of carboxylic acid groups (broad SMARTS) is 1. The average Bonchev–Trinajstić information content (AvgIpc) is 2.89. The van der Waals surface area contributed by atoms with Gasteiger partial charge in [-0.3, -0.25) is 4.68 Å². The van der Waals surface area contributed by atoms with Crippen molar-refractivity contribution in [1.29, 1.82) is 0 Å². The molecule has 1 aromatic carbocycles. The summed E-state index contributed by atoms with van der Waals surface area (Å²) in [5.74, 6) is 0. The van der Waals surface area contributed by atoms with Gasteiger partial charge < -0.3 is 15.3 Å². The zero-order chi connectivity index (χ0) is 13.9. The van der Waals surface area contributed by atoms with Crippen LogP contribution in [0.4, 0.5) is 4.79 Å². The van der Waals surface area contributed by atoms with Gasteiger partial charge in [-0.2, -0.15) is 5.10 Å². The van der Waals surface area contributed by atoms with Crippen molar-refractivity contribution in [2.45, 2.75) is 19.0 Å². The fourth-order valence-electron chi connectivity index (χ4n) is 2.67. The van der Waals surface area contributed by atoms with Gasteiger partial charge in [0.05, 0.1) is 11.7 Å². The lowest BCUT2D eigenvalue weighted by Gasteiger charge is -2.31. The Morgan fingerprint density at radius 2 is 2.30 bits per heavy atom. The van der Waals surface area contributed by atoms with E-state index in [0.717, 1.165) is 30.4 Å². The van der Waals surface area contributed by atoms with Crippen LogP contribution in [-0.4, -0.2) is 51.6 Å². The molecule has 1 aromatic heterocycles. The van der Waals surface area contributed by atoms with E-state index < -0.39 is 6.09 Å². The molecular weight excluding hydrogens is 256 g/mol. The predicted octanol–water partition coefficient (Wildman–Crippen LogP) is 1.38. The summed E-state index contributed by atoms with van der Waals surface area (Å²) in [4.78, 5) is 12.5. The lowest BCUT2D eigenvalue weighted by Crippen LogP contribution is -2.52. The Hall–Kier alpha value is -2.08. The second-order valence-corrected chi connectivity index (χ2v) is 5.09. The maximum atomic E-state index is 11.0. The summed E-state index contributed by atoms with van der Waals surface area (Å²) in [6.45, 7) is 2.63. The molecule has 6 heteroatoms. The number of aryl methyl sites for hydroxylation is 1. The van der Waals surface area contributed by atoms with Crippen molar-refractivity contribution >= 4 is 17.0 Å². The van der Waals surface area contributed by atoms with Crippen molar-refractivity contribution in [3.8, 4) is 0 Å². The SMILES string of the molecule is O=C(O)N1CCNC(CCn2ncc3ccccc32)C1. The highest BCUT2D eigenvalue weighted by Crippen LogP contribution is 2.14. The Balaban J connectivity index is 1.63. The van der Waals surface area contributed by atoms with E-state index in [1.54, 1.807) is 0 Å². The second-order valence-electron chi connectivity index (χ2n) is 5.09. The van der Waals surface area contributed by atoms with E-state index in [4.69, 9.17) is 5.11 Å². The predicted molar refractivity (Wildman–Crippen MR) is 75.7 cm³/mol. The van der Waals surface area contributed by atoms with Crippen LogP contribution in [0.15, 0.2) is 30.5 Å². The number of para-hydroxylation sites is 1. The fraction of sp³-hybridized carbons (Fsp3) is 0.429. The van der Waals surface area contributed by atoms with Gasteiger partial charge in [-0.15, -0.1) is 0 Å². The van der Waals surface area contributed by atoms with Crippen LogP contribution < -0.4 is 5.32 Å². The molecule has 3 rings (SSSR count). The van der Waals surface area contributed by atoms with Crippen LogP contribution in [-0.2, 0) is 6.54 Å². The first-order valence-electron chi connectivity index (χ1n) is 6.86. The largest absolute Gasteiger partial charge is 0.465 e. The average molecular weight is 274 g/mol. The summed E-state index contributed by atoms with van der Waals surface area (Å²) in [5, 5.41) is 17.9. The molecule has 1 fully saturated rings. The van der Waals surface area contributed by atoms with Gasteiger partial charge in [-0.25, -0.2) is 4.79 Å². The second kappa shape index (κ2) is 5.50. The zero-order valence-corrected chi connectivity index (χ0v) is 11.2. The quantitative estimate of drug-likeness (QED) is 0.887. The first kappa shape index (κ1) is 12.9. The molecule has 20 heavy (non-hydrogen) atoms. The number of hydrogen-bond donors (Lipinski definition) is 2. The minimum absolute atomic E-state index is 0.197. The minimum atomic E-state index is -0.832. The highest BCUT2D eigenvalue weighted by molar-refractivity contribution is 5.78. The number of hydrogen-bond acceptors (Lipinski definition) is 3. The first-order valence-corrected chi connectivity index (χ1v) is 6.86. The third-order valence-corrected chi connectivity index (χ3v) is 3.77. The topological polar surface area (TPSA) is 70.4 Å². The Labute approximate surface area is 117 Å². The molecule has 1 amide bonds. The number of benzene rings is 1. The molecule has 1 unspecified atom stereocenters. The summed E-state index contributed by atoms with van der Waals surface area (Å²) in [6.07, 6.45) is 1.91. The van der Waals surface area contributed by atoms with Gasteiger partial charge in [-0.1, -0.05) is 18.2 Å². The molecule has 2 heterocycles.